The van der Waals surface area contributed by atoms with E-state index in [1.54, 1.807) is 54.5 Å². The Labute approximate surface area is 403 Å². The molecule has 0 atom stereocenters. The van der Waals surface area contributed by atoms with Crippen LogP contribution in [-0.4, -0.2) is 62.9 Å². The quantitative estimate of drug-likeness (QED) is 0.140. The number of ether oxygens (including phenoxy) is 3. The van der Waals surface area contributed by atoms with Crippen LogP contribution < -0.4 is 29.1 Å². The number of hydrazone groups is 2. The number of amides is 3. The lowest BCUT2D eigenvalue weighted by atomic mass is 10.1. The number of aromatic nitrogens is 2. The van der Waals surface area contributed by atoms with Crippen molar-refractivity contribution in [1.82, 2.24) is 9.55 Å². The van der Waals surface area contributed by atoms with Crippen LogP contribution in [0.1, 0.15) is 59.9 Å². The van der Waals surface area contributed by atoms with E-state index < -0.39 is 41.8 Å². The van der Waals surface area contributed by atoms with E-state index in [0.717, 1.165) is 32.3 Å². The van der Waals surface area contributed by atoms with Gasteiger partial charge in [-0.15, -0.1) is 0 Å². The molecule has 1 aromatic heterocycles. The van der Waals surface area contributed by atoms with Crippen molar-refractivity contribution in [3.8, 4) is 41.1 Å². The molecular formula is C46H37Cl4N9O8. The van der Waals surface area contributed by atoms with E-state index in [0.29, 0.717) is 23.9 Å². The third kappa shape index (κ3) is 9.63. The molecule has 0 aliphatic carbocycles. The van der Waals surface area contributed by atoms with Crippen LogP contribution in [0.4, 0.5) is 17.1 Å². The molecule has 5 aromatic rings. The van der Waals surface area contributed by atoms with Crippen LogP contribution in [0, 0.1) is 22.7 Å². The Bertz CT molecular complexity index is 3070. The third-order valence-electron chi connectivity index (χ3n) is 10.1. The zero-order valence-corrected chi connectivity index (χ0v) is 39.7. The van der Waals surface area contributed by atoms with E-state index in [-0.39, 0.29) is 65.8 Å². The molecule has 8 rings (SSSR count). The summed E-state index contributed by atoms with van der Waals surface area (Å²) in [4.78, 5) is 66.7. The zero-order valence-electron chi connectivity index (χ0n) is 36.7. The molecule has 0 saturated heterocycles. The molecule has 21 heteroatoms. The number of Topliss-reactive ketones (excluding diaryl/α,β-unsaturated/α-hetero) is 2. The number of carbonyl (C=O) groups is 5. The number of hydrogen-bond acceptors (Lipinski definition) is 13. The van der Waals surface area contributed by atoms with Gasteiger partial charge in [-0.1, -0.05) is 52.5 Å². The van der Waals surface area contributed by atoms with Gasteiger partial charge in [-0.25, -0.2) is 0 Å². The van der Waals surface area contributed by atoms with Crippen molar-refractivity contribution in [1.29, 1.82) is 10.5 Å². The number of benzene rings is 4. The maximum atomic E-state index is 12.5. The highest BCUT2D eigenvalue weighted by Gasteiger charge is 2.36. The highest BCUT2D eigenvalue weighted by molar-refractivity contribution is 6.51. The maximum absolute atomic E-state index is 12.5. The number of nitrogens with zero attached hydrogens (tertiary/aromatic N) is 9. The predicted molar refractivity (Wildman–Crippen MR) is 252 cm³/mol. The molecule has 17 nitrogen and oxygen atoms in total. The number of methoxy groups -OCH3 is 1. The van der Waals surface area contributed by atoms with Gasteiger partial charge in [-0.05, 0) is 89.6 Å². The first-order chi connectivity index (χ1) is 31.5. The average Bonchev–Trinajstić information content (AvgIpc) is 3.80. The van der Waals surface area contributed by atoms with E-state index >= 15 is 0 Å². The van der Waals surface area contributed by atoms with Gasteiger partial charge in [0.1, 0.15) is 23.6 Å². The van der Waals surface area contributed by atoms with Crippen LogP contribution in [-0.2, 0) is 35.9 Å². The molecular weight excluding hydrogens is 948 g/mol. The molecule has 4 aromatic carbocycles. The number of ketones is 2. The highest BCUT2D eigenvalue weighted by Crippen LogP contribution is 2.44. The average molecular weight is 986 g/mol. The fourth-order valence-corrected chi connectivity index (χ4v) is 8.42. The lowest BCUT2D eigenvalue weighted by molar-refractivity contribution is -0.126. The Morgan fingerprint density at radius 1 is 0.612 bits per heavy atom. The lowest BCUT2D eigenvalue weighted by Gasteiger charge is -2.32. The molecule has 3 aliphatic rings. The molecule has 3 aliphatic heterocycles. The normalized spacial score (nSPS) is 15.1. The number of carbonyl (C=O) groups excluding carboxylic acids is 5. The summed E-state index contributed by atoms with van der Waals surface area (Å²) in [5.41, 5.74) is 2.15. The molecule has 0 unspecified atom stereocenters. The second kappa shape index (κ2) is 18.3. The fourth-order valence-electron chi connectivity index (χ4n) is 7.31. The molecule has 0 saturated carbocycles. The van der Waals surface area contributed by atoms with Gasteiger partial charge in [0, 0.05) is 23.2 Å². The molecule has 3 amide bonds. The summed E-state index contributed by atoms with van der Waals surface area (Å²) in [6, 6.07) is 20.1. The van der Waals surface area contributed by atoms with Crippen molar-refractivity contribution in [3.63, 3.8) is 0 Å². The highest BCUT2D eigenvalue weighted by atomic mass is 35.5. The van der Waals surface area contributed by atoms with Crippen LogP contribution in [0.25, 0.3) is 11.0 Å². The summed E-state index contributed by atoms with van der Waals surface area (Å²) in [5.74, 6) is -1.26. The molecule has 342 valence electrons. The minimum atomic E-state index is -0.643. The van der Waals surface area contributed by atoms with Crippen LogP contribution in [0.2, 0.25) is 20.1 Å². The van der Waals surface area contributed by atoms with Crippen LogP contribution in [0.3, 0.4) is 0 Å². The Morgan fingerprint density at radius 3 is 1.51 bits per heavy atom. The van der Waals surface area contributed by atoms with Gasteiger partial charge in [0.25, 0.3) is 17.8 Å². The molecule has 0 fully saturated rings. The Hall–Kier alpha value is -7.02. The molecule has 0 spiro atoms. The van der Waals surface area contributed by atoms with Crippen molar-refractivity contribution >= 4 is 115 Å². The van der Waals surface area contributed by atoms with Crippen molar-refractivity contribution in [3.05, 3.63) is 86.3 Å². The Morgan fingerprint density at radius 2 is 1.07 bits per heavy atom. The summed E-state index contributed by atoms with van der Waals surface area (Å²) in [6.07, 6.45) is -0.622. The first-order valence-electron chi connectivity index (χ1n) is 20.1. The van der Waals surface area contributed by atoms with Gasteiger partial charge < -0.3 is 19.1 Å². The van der Waals surface area contributed by atoms with Gasteiger partial charge in [0.05, 0.1) is 74.6 Å². The van der Waals surface area contributed by atoms with Crippen molar-refractivity contribution < 1.29 is 38.2 Å². The smallest absolute Gasteiger partial charge is 0.297 e. The largest absolute Gasteiger partial charge is 0.468 e. The summed E-state index contributed by atoms with van der Waals surface area (Å²) >= 11 is 25.7. The second-order valence-corrected chi connectivity index (χ2v) is 18.7. The van der Waals surface area contributed by atoms with E-state index in [9.17, 15) is 24.0 Å². The monoisotopic (exact) mass is 983 g/mol. The van der Waals surface area contributed by atoms with Gasteiger partial charge in [0.2, 0.25) is 28.9 Å². The maximum Gasteiger partial charge on any atom is 0.297 e. The van der Waals surface area contributed by atoms with Crippen LogP contribution >= 0.6 is 46.4 Å². The number of imidazole rings is 1. The third-order valence-corrected chi connectivity index (χ3v) is 11.3. The van der Waals surface area contributed by atoms with E-state index in [2.05, 4.69) is 15.2 Å². The Kier molecular flexibility index (Phi) is 13.1. The number of anilines is 3. The fraction of sp³-hybridized carbons (Fsp3) is 0.261. The number of nitriles is 2. The minimum absolute atomic E-state index is 0.0111. The first-order valence-corrected chi connectivity index (χ1v) is 21.6. The Balaban J connectivity index is 0.000000199. The first kappa shape index (κ1) is 47.9. The molecule has 67 heavy (non-hydrogen) atoms. The number of fused-ring (bicyclic) bond motifs is 2. The van der Waals surface area contributed by atoms with Crippen molar-refractivity contribution in [2.75, 3.05) is 22.0 Å². The number of rotatable bonds is 7. The summed E-state index contributed by atoms with van der Waals surface area (Å²) in [5, 5.41) is 28.0. The van der Waals surface area contributed by atoms with Crippen LogP contribution in [0.5, 0.6) is 29.0 Å². The van der Waals surface area contributed by atoms with Gasteiger partial charge >= 0.3 is 0 Å². The standard InChI is InChI=1S/C23H19Cl2N5O4.C23H18Cl2N4O4/c1-23(2,3)29-18-9-13(5-6-16(18)27-22(29)33-4)34-21-14(24)7-12(8-15(21)25)30-20(32)10-19(31)17(11-26)28-30;1-23(2,3)28-18-9-14(5-4-12(18)6-20(28)31)33-22-15(24)7-13(8-16(22)25)29-21(32)10-19(30)17(11-26)27-29/h5-9H,10H2,1-4H3;4-5,7-9H,6,10H2,1-3H3. The number of hydrogen-bond donors (Lipinski definition) is 0. The number of halogens is 4. The molecule has 4 heterocycles. The van der Waals surface area contributed by atoms with Crippen molar-refractivity contribution in [2.24, 2.45) is 10.2 Å². The van der Waals surface area contributed by atoms with Crippen LogP contribution in [0.15, 0.2) is 70.9 Å². The molecule has 0 bridgehead atoms. The van der Waals surface area contributed by atoms with Crippen molar-refractivity contribution in [2.45, 2.75) is 71.9 Å². The lowest BCUT2D eigenvalue weighted by Crippen LogP contribution is -2.43. The second-order valence-electron chi connectivity index (χ2n) is 17.0. The summed E-state index contributed by atoms with van der Waals surface area (Å²) in [7, 11) is 1.56. The van der Waals surface area contributed by atoms with E-state index in [1.807, 2.05) is 52.2 Å². The van der Waals surface area contributed by atoms with Gasteiger partial charge in [-0.2, -0.15) is 35.7 Å². The molecule has 0 N–H and O–H groups in total. The summed E-state index contributed by atoms with van der Waals surface area (Å²) in [6.45, 7) is 12.0. The SMILES string of the molecule is CC(C)(C)N1C(=O)Cc2ccc(Oc3c(Cl)cc(N4N=C(C#N)C(=O)CC4=O)cc3Cl)cc21.COc1nc2ccc(Oc3c(Cl)cc(N4N=C(C#N)C(=O)CC4=O)cc3Cl)cc2n1C(C)(C)C. The van der Waals surface area contributed by atoms with E-state index in [4.69, 9.17) is 71.1 Å². The predicted octanol–water partition coefficient (Wildman–Crippen LogP) is 9.74. The van der Waals surface area contributed by atoms with Gasteiger partial charge in [0.15, 0.2) is 11.5 Å². The summed E-state index contributed by atoms with van der Waals surface area (Å²) < 4.78 is 19.3. The zero-order chi connectivity index (χ0) is 48.9. The minimum Gasteiger partial charge on any atom is -0.468 e. The molecule has 0 radical (unpaired) electrons. The van der Waals surface area contributed by atoms with E-state index in [1.165, 1.54) is 24.3 Å². The van der Waals surface area contributed by atoms with Gasteiger partial charge in [-0.3, -0.25) is 28.5 Å². The topological polar surface area (TPSA) is 213 Å².